The Morgan fingerprint density at radius 3 is 2.21 bits per heavy atom. The maximum absolute atomic E-state index is 12.6. The lowest BCUT2D eigenvalue weighted by Gasteiger charge is -2.25. The van der Waals surface area contributed by atoms with Crippen LogP contribution in [0.25, 0.3) is 0 Å². The number of carbonyl (C=O) groups is 2. The lowest BCUT2D eigenvalue weighted by atomic mass is 10.0. The lowest BCUT2D eigenvalue weighted by Crippen LogP contribution is -2.40. The number of hydrogen-bond acceptors (Lipinski definition) is 3. The van der Waals surface area contributed by atoms with E-state index in [-0.39, 0.29) is 30.3 Å². The number of carbonyl (C=O) groups excluding carboxylic acids is 2. The number of halogens is 1. The quantitative estimate of drug-likeness (QED) is 0.841. The molecular formula is C18H32ClN3O2. The molecule has 3 rings (SSSR count). The van der Waals surface area contributed by atoms with E-state index in [9.17, 15) is 9.59 Å². The first-order valence-corrected chi connectivity index (χ1v) is 9.45. The summed E-state index contributed by atoms with van der Waals surface area (Å²) in [5, 5.41) is 0. The molecule has 0 radical (unpaired) electrons. The lowest BCUT2D eigenvalue weighted by molar-refractivity contribution is -0.136. The molecule has 24 heavy (non-hydrogen) atoms. The van der Waals surface area contributed by atoms with Crippen molar-refractivity contribution in [2.75, 3.05) is 26.2 Å². The molecule has 2 saturated carbocycles. The number of hydrogen-bond donors (Lipinski definition) is 1. The second kappa shape index (κ2) is 9.04. The van der Waals surface area contributed by atoms with Crippen LogP contribution in [-0.4, -0.2) is 53.8 Å². The van der Waals surface area contributed by atoms with E-state index in [2.05, 4.69) is 0 Å². The van der Waals surface area contributed by atoms with Crippen LogP contribution >= 0.6 is 12.4 Å². The van der Waals surface area contributed by atoms with E-state index in [1.54, 1.807) is 0 Å². The predicted octanol–water partition coefficient (Wildman–Crippen LogP) is 2.18. The minimum absolute atomic E-state index is 0. The summed E-state index contributed by atoms with van der Waals surface area (Å²) in [5.74, 6) is 1.28. The molecule has 0 aromatic carbocycles. The molecule has 6 heteroatoms. The Labute approximate surface area is 151 Å². The van der Waals surface area contributed by atoms with Gasteiger partial charge in [0.05, 0.1) is 0 Å². The highest BCUT2D eigenvalue weighted by atomic mass is 35.5. The van der Waals surface area contributed by atoms with Crippen LogP contribution in [0.2, 0.25) is 0 Å². The number of nitrogens with two attached hydrogens (primary N) is 1. The van der Waals surface area contributed by atoms with Crippen LogP contribution in [0.15, 0.2) is 0 Å². The van der Waals surface area contributed by atoms with Crippen molar-refractivity contribution < 1.29 is 9.59 Å². The molecule has 0 aromatic heterocycles. The fourth-order valence-corrected chi connectivity index (χ4v) is 4.48. The zero-order valence-corrected chi connectivity index (χ0v) is 15.4. The Bertz CT molecular complexity index is 440. The van der Waals surface area contributed by atoms with Crippen LogP contribution in [0, 0.1) is 11.8 Å². The van der Waals surface area contributed by atoms with Crippen molar-refractivity contribution >= 4 is 24.2 Å². The molecule has 0 spiro atoms. The van der Waals surface area contributed by atoms with E-state index in [1.807, 2.05) is 9.80 Å². The minimum atomic E-state index is 0. The Morgan fingerprint density at radius 1 is 0.875 bits per heavy atom. The van der Waals surface area contributed by atoms with Gasteiger partial charge in [-0.3, -0.25) is 9.59 Å². The van der Waals surface area contributed by atoms with Crippen LogP contribution in [0.5, 0.6) is 0 Å². The fraction of sp³-hybridized carbons (Fsp3) is 0.889. The number of nitrogens with zero attached hydrogens (tertiary/aromatic N) is 2. The molecule has 3 aliphatic rings. The minimum Gasteiger partial charge on any atom is -0.341 e. The summed E-state index contributed by atoms with van der Waals surface area (Å²) in [4.78, 5) is 29.1. The van der Waals surface area contributed by atoms with Crippen LogP contribution < -0.4 is 5.73 Å². The maximum atomic E-state index is 12.6. The van der Waals surface area contributed by atoms with Gasteiger partial charge in [-0.1, -0.05) is 12.8 Å². The highest BCUT2D eigenvalue weighted by molar-refractivity contribution is 5.85. The van der Waals surface area contributed by atoms with Gasteiger partial charge in [-0.15, -0.1) is 12.4 Å². The standard InChI is InChI=1S/C18H31N3O2.ClH/c19-16-7-6-15(13-16)18(23)21-9-3-8-20(10-11-21)17(22)12-14-4-1-2-5-14;/h14-16H,1-13,19H2;1H. The highest BCUT2D eigenvalue weighted by Crippen LogP contribution is 2.29. The smallest absolute Gasteiger partial charge is 0.225 e. The average molecular weight is 358 g/mol. The monoisotopic (exact) mass is 357 g/mol. The van der Waals surface area contributed by atoms with Gasteiger partial charge in [0.2, 0.25) is 11.8 Å². The average Bonchev–Trinajstić information content (AvgIpc) is 3.12. The molecule has 2 unspecified atom stereocenters. The van der Waals surface area contributed by atoms with Crippen molar-refractivity contribution in [3.05, 3.63) is 0 Å². The van der Waals surface area contributed by atoms with Crippen molar-refractivity contribution in [3.8, 4) is 0 Å². The van der Waals surface area contributed by atoms with Crippen molar-refractivity contribution in [1.29, 1.82) is 0 Å². The molecule has 1 saturated heterocycles. The summed E-state index contributed by atoms with van der Waals surface area (Å²) in [6, 6.07) is 0.195. The first kappa shape index (κ1) is 19.5. The van der Waals surface area contributed by atoms with Crippen LogP contribution in [0.4, 0.5) is 0 Å². The third-order valence-corrected chi connectivity index (χ3v) is 5.92. The first-order chi connectivity index (χ1) is 11.1. The molecule has 2 amide bonds. The second-order valence-corrected chi connectivity index (χ2v) is 7.68. The number of amides is 2. The van der Waals surface area contributed by atoms with E-state index in [1.165, 1.54) is 25.7 Å². The Kier molecular flexibility index (Phi) is 7.35. The summed E-state index contributed by atoms with van der Waals surface area (Å²) in [5.41, 5.74) is 5.94. The second-order valence-electron chi connectivity index (χ2n) is 7.68. The fourth-order valence-electron chi connectivity index (χ4n) is 4.48. The Morgan fingerprint density at radius 2 is 1.54 bits per heavy atom. The molecule has 3 fully saturated rings. The molecule has 2 N–H and O–H groups in total. The summed E-state index contributed by atoms with van der Waals surface area (Å²) in [6.45, 7) is 2.99. The zero-order chi connectivity index (χ0) is 16.2. The molecule has 0 bridgehead atoms. The molecule has 5 nitrogen and oxygen atoms in total. The van der Waals surface area contributed by atoms with Gasteiger partial charge in [0.25, 0.3) is 0 Å². The molecule has 138 valence electrons. The van der Waals surface area contributed by atoms with Crippen LogP contribution in [0.3, 0.4) is 0 Å². The predicted molar refractivity (Wildman–Crippen MR) is 96.9 cm³/mol. The molecular weight excluding hydrogens is 326 g/mol. The van der Waals surface area contributed by atoms with Gasteiger partial charge in [-0.25, -0.2) is 0 Å². The first-order valence-electron chi connectivity index (χ1n) is 9.45. The summed E-state index contributed by atoms with van der Waals surface area (Å²) < 4.78 is 0. The molecule has 1 aliphatic heterocycles. The van der Waals surface area contributed by atoms with Gasteiger partial charge in [-0.2, -0.15) is 0 Å². The van der Waals surface area contributed by atoms with Crippen molar-refractivity contribution in [2.24, 2.45) is 17.6 Å². The summed E-state index contributed by atoms with van der Waals surface area (Å²) in [7, 11) is 0. The van der Waals surface area contributed by atoms with E-state index in [4.69, 9.17) is 5.73 Å². The zero-order valence-electron chi connectivity index (χ0n) is 14.6. The highest BCUT2D eigenvalue weighted by Gasteiger charge is 2.32. The van der Waals surface area contributed by atoms with Gasteiger partial charge < -0.3 is 15.5 Å². The van der Waals surface area contributed by atoms with E-state index < -0.39 is 0 Å². The van der Waals surface area contributed by atoms with Crippen LogP contribution in [0.1, 0.15) is 57.8 Å². The Balaban J connectivity index is 0.00000208. The number of rotatable bonds is 3. The van der Waals surface area contributed by atoms with Gasteiger partial charge in [0, 0.05) is 44.6 Å². The SMILES string of the molecule is Cl.NC1CCC(C(=O)N2CCCN(C(=O)CC3CCCC3)CC2)C1. The van der Waals surface area contributed by atoms with Gasteiger partial charge in [0.15, 0.2) is 0 Å². The maximum Gasteiger partial charge on any atom is 0.225 e. The topological polar surface area (TPSA) is 66.6 Å². The van der Waals surface area contributed by atoms with Gasteiger partial charge >= 0.3 is 0 Å². The normalized spacial score (nSPS) is 28.5. The van der Waals surface area contributed by atoms with E-state index in [0.29, 0.717) is 31.3 Å². The van der Waals surface area contributed by atoms with E-state index >= 15 is 0 Å². The molecule has 2 atom stereocenters. The summed E-state index contributed by atoms with van der Waals surface area (Å²) in [6.07, 6.45) is 9.34. The summed E-state index contributed by atoms with van der Waals surface area (Å²) >= 11 is 0. The largest absolute Gasteiger partial charge is 0.341 e. The molecule has 1 heterocycles. The third kappa shape index (κ3) is 4.85. The van der Waals surface area contributed by atoms with Gasteiger partial charge in [-0.05, 0) is 44.4 Å². The van der Waals surface area contributed by atoms with Crippen molar-refractivity contribution in [1.82, 2.24) is 9.80 Å². The van der Waals surface area contributed by atoms with Crippen molar-refractivity contribution in [3.63, 3.8) is 0 Å². The van der Waals surface area contributed by atoms with E-state index in [0.717, 1.165) is 38.8 Å². The van der Waals surface area contributed by atoms with Gasteiger partial charge in [0.1, 0.15) is 0 Å². The molecule has 2 aliphatic carbocycles. The third-order valence-electron chi connectivity index (χ3n) is 5.92. The molecule has 0 aromatic rings. The van der Waals surface area contributed by atoms with Crippen molar-refractivity contribution in [2.45, 2.75) is 63.8 Å². The Hall–Kier alpha value is -0.810. The van der Waals surface area contributed by atoms with Crippen LogP contribution in [-0.2, 0) is 9.59 Å².